The Morgan fingerprint density at radius 3 is 2.22 bits per heavy atom. The standard InChI is InChI=1S/C18H18ClNO3/c19-12-16(21)11-17(15-9-5-2-6-10-15)20-18(22)23-13-14-7-3-1-4-8-14/h1-10,17H,11-13H2,(H,20,22). The molecule has 0 spiro atoms. The summed E-state index contributed by atoms with van der Waals surface area (Å²) >= 11 is 5.57. The number of benzene rings is 2. The number of ketones is 1. The molecule has 0 aromatic heterocycles. The van der Waals surface area contributed by atoms with Crippen LogP contribution in [-0.2, 0) is 16.1 Å². The topological polar surface area (TPSA) is 55.4 Å². The largest absolute Gasteiger partial charge is 0.445 e. The van der Waals surface area contributed by atoms with E-state index in [0.717, 1.165) is 11.1 Å². The number of amides is 1. The Balaban J connectivity index is 1.96. The molecule has 0 saturated carbocycles. The van der Waals surface area contributed by atoms with Gasteiger partial charge in [0.25, 0.3) is 0 Å². The lowest BCUT2D eigenvalue weighted by molar-refractivity contribution is -0.117. The second-order valence-electron chi connectivity index (χ2n) is 5.05. The van der Waals surface area contributed by atoms with Crippen molar-refractivity contribution in [3.05, 3.63) is 71.8 Å². The van der Waals surface area contributed by atoms with Crippen LogP contribution in [0.15, 0.2) is 60.7 Å². The number of carbonyl (C=O) groups excluding carboxylic acids is 2. The van der Waals surface area contributed by atoms with Gasteiger partial charge in [0, 0.05) is 6.42 Å². The average molecular weight is 332 g/mol. The number of hydrogen-bond acceptors (Lipinski definition) is 3. The number of Topliss-reactive ketones (excluding diaryl/α,β-unsaturated/α-hetero) is 1. The first kappa shape index (κ1) is 17.0. The van der Waals surface area contributed by atoms with Crippen molar-refractivity contribution in [3.8, 4) is 0 Å². The third-order valence-corrected chi connectivity index (χ3v) is 3.59. The summed E-state index contributed by atoms with van der Waals surface area (Å²) in [5.74, 6) is -0.215. The zero-order valence-electron chi connectivity index (χ0n) is 12.6. The summed E-state index contributed by atoms with van der Waals surface area (Å²) in [5.41, 5.74) is 1.73. The van der Waals surface area contributed by atoms with Crippen LogP contribution in [0.4, 0.5) is 4.79 Å². The predicted molar refractivity (Wildman–Crippen MR) is 89.3 cm³/mol. The molecular weight excluding hydrogens is 314 g/mol. The summed E-state index contributed by atoms with van der Waals surface area (Å²) in [6.45, 7) is 0.178. The van der Waals surface area contributed by atoms with Crippen LogP contribution in [0, 0.1) is 0 Å². The van der Waals surface area contributed by atoms with Gasteiger partial charge in [-0.2, -0.15) is 0 Å². The lowest BCUT2D eigenvalue weighted by Gasteiger charge is -2.18. The zero-order valence-corrected chi connectivity index (χ0v) is 13.3. The summed E-state index contributed by atoms with van der Waals surface area (Å²) in [4.78, 5) is 23.6. The number of ether oxygens (including phenoxy) is 1. The van der Waals surface area contributed by atoms with Gasteiger partial charge in [0.15, 0.2) is 0 Å². The molecule has 2 aromatic carbocycles. The fraction of sp³-hybridized carbons (Fsp3) is 0.222. The highest BCUT2D eigenvalue weighted by molar-refractivity contribution is 6.27. The third-order valence-electron chi connectivity index (χ3n) is 3.29. The van der Waals surface area contributed by atoms with Crippen LogP contribution in [0.25, 0.3) is 0 Å². The van der Waals surface area contributed by atoms with Crippen molar-refractivity contribution in [2.45, 2.75) is 19.1 Å². The monoisotopic (exact) mass is 331 g/mol. The summed E-state index contributed by atoms with van der Waals surface area (Å²) < 4.78 is 5.20. The quantitative estimate of drug-likeness (QED) is 0.784. The van der Waals surface area contributed by atoms with Gasteiger partial charge in [0.2, 0.25) is 0 Å². The minimum atomic E-state index is -0.565. The van der Waals surface area contributed by atoms with E-state index in [-0.39, 0.29) is 24.7 Å². The van der Waals surface area contributed by atoms with Crippen LogP contribution in [0.2, 0.25) is 0 Å². The molecule has 23 heavy (non-hydrogen) atoms. The Bertz CT molecular complexity index is 631. The summed E-state index contributed by atoms with van der Waals surface area (Å²) in [5, 5.41) is 2.73. The van der Waals surface area contributed by atoms with E-state index in [0.29, 0.717) is 0 Å². The van der Waals surface area contributed by atoms with Crippen molar-refractivity contribution in [1.29, 1.82) is 0 Å². The van der Waals surface area contributed by atoms with E-state index in [4.69, 9.17) is 16.3 Å². The normalized spacial score (nSPS) is 11.5. The van der Waals surface area contributed by atoms with Gasteiger partial charge in [-0.1, -0.05) is 60.7 Å². The number of alkyl carbamates (subject to hydrolysis) is 1. The Morgan fingerprint density at radius 1 is 1.00 bits per heavy atom. The molecule has 0 saturated heterocycles. The first-order chi connectivity index (χ1) is 11.2. The Morgan fingerprint density at radius 2 is 1.61 bits per heavy atom. The van der Waals surface area contributed by atoms with Crippen molar-refractivity contribution in [3.63, 3.8) is 0 Å². The summed E-state index contributed by atoms with van der Waals surface area (Å²) in [6.07, 6.45) is -0.432. The lowest BCUT2D eigenvalue weighted by Crippen LogP contribution is -2.30. The van der Waals surface area contributed by atoms with E-state index < -0.39 is 12.1 Å². The van der Waals surface area contributed by atoms with Crippen LogP contribution in [-0.4, -0.2) is 17.8 Å². The number of rotatable bonds is 7. The zero-order chi connectivity index (χ0) is 16.5. The maximum atomic E-state index is 12.0. The molecule has 120 valence electrons. The molecule has 0 bridgehead atoms. The summed E-state index contributed by atoms with van der Waals surface area (Å²) in [7, 11) is 0. The van der Waals surface area contributed by atoms with Gasteiger partial charge in [-0.25, -0.2) is 4.79 Å². The number of alkyl halides is 1. The molecule has 0 aliphatic rings. The third kappa shape index (κ3) is 5.75. The fourth-order valence-electron chi connectivity index (χ4n) is 2.13. The van der Waals surface area contributed by atoms with Gasteiger partial charge in [-0.05, 0) is 11.1 Å². The molecule has 0 aliphatic heterocycles. The van der Waals surface area contributed by atoms with Crippen molar-refractivity contribution in [2.24, 2.45) is 0 Å². The van der Waals surface area contributed by atoms with Gasteiger partial charge in [-0.15, -0.1) is 11.6 Å². The molecule has 5 heteroatoms. The Hall–Kier alpha value is -2.33. The molecule has 2 aromatic rings. The number of carbonyl (C=O) groups is 2. The Labute approximate surface area is 140 Å². The van der Waals surface area contributed by atoms with E-state index >= 15 is 0 Å². The molecule has 1 amide bonds. The van der Waals surface area contributed by atoms with Crippen LogP contribution in [0.3, 0.4) is 0 Å². The molecule has 0 aliphatic carbocycles. The van der Waals surface area contributed by atoms with Gasteiger partial charge in [0.1, 0.15) is 12.4 Å². The van der Waals surface area contributed by atoms with E-state index in [1.165, 1.54) is 0 Å². The van der Waals surface area contributed by atoms with E-state index in [2.05, 4.69) is 5.32 Å². The molecule has 2 rings (SSSR count). The van der Waals surface area contributed by atoms with Crippen LogP contribution in [0.1, 0.15) is 23.6 Å². The first-order valence-corrected chi connectivity index (χ1v) is 7.82. The molecule has 1 N–H and O–H groups in total. The van der Waals surface area contributed by atoms with Crippen LogP contribution >= 0.6 is 11.6 Å². The highest BCUT2D eigenvalue weighted by Crippen LogP contribution is 2.17. The second-order valence-corrected chi connectivity index (χ2v) is 5.31. The lowest BCUT2D eigenvalue weighted by atomic mass is 10.0. The van der Waals surface area contributed by atoms with E-state index in [1.807, 2.05) is 60.7 Å². The smallest absolute Gasteiger partial charge is 0.407 e. The molecule has 0 fully saturated rings. The minimum Gasteiger partial charge on any atom is -0.445 e. The van der Waals surface area contributed by atoms with Crippen molar-refractivity contribution in [1.82, 2.24) is 5.32 Å². The maximum Gasteiger partial charge on any atom is 0.407 e. The summed E-state index contributed by atoms with van der Waals surface area (Å²) in [6, 6.07) is 18.2. The van der Waals surface area contributed by atoms with E-state index in [9.17, 15) is 9.59 Å². The van der Waals surface area contributed by atoms with Crippen molar-refractivity contribution < 1.29 is 14.3 Å². The average Bonchev–Trinajstić information content (AvgIpc) is 2.61. The van der Waals surface area contributed by atoms with Crippen molar-refractivity contribution >= 4 is 23.5 Å². The van der Waals surface area contributed by atoms with Crippen LogP contribution < -0.4 is 5.32 Å². The van der Waals surface area contributed by atoms with Gasteiger partial charge in [0.05, 0.1) is 11.9 Å². The fourth-order valence-corrected chi connectivity index (χ4v) is 2.24. The van der Waals surface area contributed by atoms with E-state index in [1.54, 1.807) is 0 Å². The highest BCUT2D eigenvalue weighted by atomic mass is 35.5. The highest BCUT2D eigenvalue weighted by Gasteiger charge is 2.18. The molecule has 4 nitrogen and oxygen atoms in total. The first-order valence-electron chi connectivity index (χ1n) is 7.29. The number of halogens is 1. The molecule has 0 radical (unpaired) electrons. The maximum absolute atomic E-state index is 12.0. The molecule has 0 heterocycles. The number of nitrogens with one attached hydrogen (secondary N) is 1. The Kier molecular flexibility index (Phi) is 6.63. The number of hydrogen-bond donors (Lipinski definition) is 1. The predicted octanol–water partition coefficient (Wildman–Crippen LogP) is 3.85. The van der Waals surface area contributed by atoms with Crippen LogP contribution in [0.5, 0.6) is 0 Å². The molecule has 1 atom stereocenters. The molecular formula is C18H18ClNO3. The van der Waals surface area contributed by atoms with Crippen molar-refractivity contribution in [2.75, 3.05) is 5.88 Å². The minimum absolute atomic E-state index is 0.0793. The van der Waals surface area contributed by atoms with Gasteiger partial charge in [-0.3, -0.25) is 4.79 Å². The van der Waals surface area contributed by atoms with Gasteiger partial charge < -0.3 is 10.1 Å². The SMILES string of the molecule is O=C(CCl)CC(NC(=O)OCc1ccccc1)c1ccccc1. The second kappa shape index (κ2) is 8.96. The van der Waals surface area contributed by atoms with Gasteiger partial charge >= 0.3 is 6.09 Å². The molecule has 1 unspecified atom stereocenters.